The van der Waals surface area contributed by atoms with Gasteiger partial charge in [0, 0.05) is 24.1 Å². The summed E-state index contributed by atoms with van der Waals surface area (Å²) in [5, 5.41) is 3.20. The SMILES string of the molecule is COc1nc(C(F)(F)F)ccc1Cn1cnc2c(c1=O)CCNCC2. The molecule has 9 heteroatoms. The van der Waals surface area contributed by atoms with Crippen LogP contribution in [0, 0.1) is 0 Å². The van der Waals surface area contributed by atoms with E-state index in [9.17, 15) is 18.0 Å². The van der Waals surface area contributed by atoms with Crippen molar-refractivity contribution in [1.82, 2.24) is 19.9 Å². The highest BCUT2D eigenvalue weighted by Gasteiger charge is 2.33. The fourth-order valence-corrected chi connectivity index (χ4v) is 2.80. The molecule has 6 nitrogen and oxygen atoms in total. The zero-order valence-electron chi connectivity index (χ0n) is 13.6. The summed E-state index contributed by atoms with van der Waals surface area (Å²) in [5.74, 6) is -0.154. The maximum absolute atomic E-state index is 12.8. The van der Waals surface area contributed by atoms with E-state index < -0.39 is 11.9 Å². The lowest BCUT2D eigenvalue weighted by atomic mass is 10.1. The number of halogens is 3. The van der Waals surface area contributed by atoms with E-state index in [0.29, 0.717) is 30.5 Å². The normalized spacial score (nSPS) is 14.7. The lowest BCUT2D eigenvalue weighted by molar-refractivity contribution is -0.141. The van der Waals surface area contributed by atoms with Crippen LogP contribution in [-0.2, 0) is 25.6 Å². The van der Waals surface area contributed by atoms with E-state index in [1.54, 1.807) is 0 Å². The first-order valence-corrected chi connectivity index (χ1v) is 7.79. The standard InChI is InChI=1S/C16H17F3N4O2/c1-25-14-10(2-3-13(22-14)16(17,18)19)8-23-9-21-12-5-7-20-6-4-11(12)15(23)24/h2-3,9,20H,4-8H2,1H3. The Morgan fingerprint density at radius 1 is 1.28 bits per heavy atom. The van der Waals surface area contributed by atoms with Gasteiger partial charge in [0.05, 0.1) is 25.7 Å². The molecule has 0 saturated heterocycles. The van der Waals surface area contributed by atoms with Crippen LogP contribution in [0.15, 0.2) is 23.3 Å². The van der Waals surface area contributed by atoms with Crippen molar-refractivity contribution >= 4 is 0 Å². The van der Waals surface area contributed by atoms with Crippen LogP contribution in [0.2, 0.25) is 0 Å². The largest absolute Gasteiger partial charge is 0.481 e. The van der Waals surface area contributed by atoms with Crippen molar-refractivity contribution in [2.75, 3.05) is 20.2 Å². The fraction of sp³-hybridized carbons (Fsp3) is 0.438. The lowest BCUT2D eigenvalue weighted by Gasteiger charge is -2.13. The topological polar surface area (TPSA) is 69.0 Å². The van der Waals surface area contributed by atoms with Crippen LogP contribution in [-0.4, -0.2) is 34.7 Å². The van der Waals surface area contributed by atoms with Crippen LogP contribution in [0.5, 0.6) is 5.88 Å². The number of methoxy groups -OCH3 is 1. The molecule has 1 N–H and O–H groups in total. The van der Waals surface area contributed by atoms with E-state index in [0.717, 1.165) is 18.3 Å². The second-order valence-electron chi connectivity index (χ2n) is 5.72. The predicted octanol–water partition coefficient (Wildman–Crippen LogP) is 1.40. The maximum Gasteiger partial charge on any atom is 0.433 e. The molecule has 1 aliphatic rings. The molecule has 1 aliphatic heterocycles. The van der Waals surface area contributed by atoms with Crippen LogP contribution >= 0.6 is 0 Å². The lowest BCUT2D eigenvalue weighted by Crippen LogP contribution is -2.27. The quantitative estimate of drug-likeness (QED) is 0.903. The number of alkyl halides is 3. The van der Waals surface area contributed by atoms with Gasteiger partial charge in [0.2, 0.25) is 5.88 Å². The van der Waals surface area contributed by atoms with Gasteiger partial charge >= 0.3 is 6.18 Å². The highest BCUT2D eigenvalue weighted by atomic mass is 19.4. The molecule has 0 radical (unpaired) electrons. The van der Waals surface area contributed by atoms with Gasteiger partial charge in [-0.1, -0.05) is 0 Å². The van der Waals surface area contributed by atoms with Gasteiger partial charge in [-0.25, -0.2) is 9.97 Å². The van der Waals surface area contributed by atoms with Gasteiger partial charge in [-0.15, -0.1) is 0 Å². The molecule has 0 atom stereocenters. The van der Waals surface area contributed by atoms with Gasteiger partial charge in [-0.05, 0) is 25.1 Å². The second-order valence-corrected chi connectivity index (χ2v) is 5.72. The van der Waals surface area contributed by atoms with Crippen molar-refractivity contribution in [3.8, 4) is 5.88 Å². The van der Waals surface area contributed by atoms with E-state index >= 15 is 0 Å². The average molecular weight is 354 g/mol. The zero-order valence-corrected chi connectivity index (χ0v) is 13.6. The summed E-state index contributed by atoms with van der Waals surface area (Å²) in [6.07, 6.45) is -1.88. The van der Waals surface area contributed by atoms with E-state index in [1.807, 2.05) is 0 Å². The van der Waals surface area contributed by atoms with Crippen LogP contribution in [0.25, 0.3) is 0 Å². The predicted molar refractivity (Wildman–Crippen MR) is 83.7 cm³/mol. The number of aromatic nitrogens is 3. The average Bonchev–Trinajstić information content (AvgIpc) is 2.82. The number of hydrogen-bond donors (Lipinski definition) is 1. The Morgan fingerprint density at radius 2 is 2.04 bits per heavy atom. The summed E-state index contributed by atoms with van der Waals surface area (Å²) in [6.45, 7) is 1.50. The number of ether oxygens (including phenoxy) is 1. The minimum Gasteiger partial charge on any atom is -0.481 e. The van der Waals surface area contributed by atoms with Gasteiger partial charge in [0.15, 0.2) is 0 Å². The van der Waals surface area contributed by atoms with Crippen LogP contribution < -0.4 is 15.6 Å². The summed E-state index contributed by atoms with van der Waals surface area (Å²) in [7, 11) is 1.25. The Bertz CT molecular complexity index is 833. The first-order chi connectivity index (χ1) is 11.9. The van der Waals surface area contributed by atoms with Crippen molar-refractivity contribution < 1.29 is 17.9 Å². The number of hydrogen-bond acceptors (Lipinski definition) is 5. The summed E-state index contributed by atoms with van der Waals surface area (Å²) in [5.41, 5.74) is 0.573. The van der Waals surface area contributed by atoms with E-state index in [2.05, 4.69) is 15.3 Å². The third kappa shape index (κ3) is 3.65. The first kappa shape index (κ1) is 17.4. The van der Waals surface area contributed by atoms with Gasteiger partial charge in [-0.2, -0.15) is 13.2 Å². The van der Waals surface area contributed by atoms with Crippen molar-refractivity contribution in [3.63, 3.8) is 0 Å². The molecule has 134 valence electrons. The van der Waals surface area contributed by atoms with E-state index in [-0.39, 0.29) is 18.0 Å². The van der Waals surface area contributed by atoms with Gasteiger partial charge < -0.3 is 10.1 Å². The minimum atomic E-state index is -4.55. The molecule has 3 heterocycles. The molecule has 0 saturated carbocycles. The Labute approximate surface area is 141 Å². The molecule has 25 heavy (non-hydrogen) atoms. The summed E-state index contributed by atoms with van der Waals surface area (Å²) in [4.78, 5) is 20.5. The molecule has 0 spiro atoms. The van der Waals surface area contributed by atoms with E-state index in [4.69, 9.17) is 4.74 Å². The molecule has 0 unspecified atom stereocenters. The zero-order chi connectivity index (χ0) is 18.0. The monoisotopic (exact) mass is 354 g/mol. The van der Waals surface area contributed by atoms with Crippen molar-refractivity contribution in [2.45, 2.75) is 25.6 Å². The Morgan fingerprint density at radius 3 is 2.76 bits per heavy atom. The number of pyridine rings is 1. The second kappa shape index (κ2) is 6.83. The smallest absolute Gasteiger partial charge is 0.433 e. The van der Waals surface area contributed by atoms with Gasteiger partial charge in [-0.3, -0.25) is 9.36 Å². The Kier molecular flexibility index (Phi) is 4.76. The van der Waals surface area contributed by atoms with Crippen LogP contribution in [0.1, 0.15) is 22.5 Å². The van der Waals surface area contributed by atoms with Crippen molar-refractivity contribution in [3.05, 3.63) is 51.3 Å². The first-order valence-electron chi connectivity index (χ1n) is 7.79. The number of fused-ring (bicyclic) bond motifs is 1. The molecule has 0 aromatic carbocycles. The number of nitrogens with one attached hydrogen (secondary N) is 1. The van der Waals surface area contributed by atoms with Crippen LogP contribution in [0.4, 0.5) is 13.2 Å². The molecular formula is C16H17F3N4O2. The number of rotatable bonds is 3. The molecule has 2 aromatic rings. The van der Waals surface area contributed by atoms with Gasteiger partial charge in [0.25, 0.3) is 5.56 Å². The Balaban J connectivity index is 1.95. The molecule has 0 aliphatic carbocycles. The van der Waals surface area contributed by atoms with Crippen molar-refractivity contribution in [2.24, 2.45) is 0 Å². The Hall–Kier alpha value is -2.42. The molecule has 0 amide bonds. The molecular weight excluding hydrogens is 337 g/mol. The maximum atomic E-state index is 12.8. The summed E-state index contributed by atoms with van der Waals surface area (Å²) in [6, 6.07) is 2.15. The fourth-order valence-electron chi connectivity index (χ4n) is 2.80. The molecule has 0 bridgehead atoms. The van der Waals surface area contributed by atoms with Crippen molar-refractivity contribution in [1.29, 1.82) is 0 Å². The summed E-state index contributed by atoms with van der Waals surface area (Å²) < 4.78 is 44.6. The molecule has 3 rings (SSSR count). The van der Waals surface area contributed by atoms with Crippen LogP contribution in [0.3, 0.4) is 0 Å². The highest BCUT2D eigenvalue weighted by molar-refractivity contribution is 5.30. The van der Waals surface area contributed by atoms with E-state index in [1.165, 1.54) is 24.1 Å². The third-order valence-electron chi connectivity index (χ3n) is 4.07. The summed E-state index contributed by atoms with van der Waals surface area (Å²) >= 11 is 0. The van der Waals surface area contributed by atoms with Gasteiger partial charge in [0.1, 0.15) is 5.69 Å². The highest BCUT2D eigenvalue weighted by Crippen LogP contribution is 2.30. The molecule has 0 fully saturated rings. The molecule has 2 aromatic heterocycles. The third-order valence-corrected chi connectivity index (χ3v) is 4.07. The minimum absolute atomic E-state index is 0.0425. The number of nitrogens with zero attached hydrogens (tertiary/aromatic N) is 3.